The number of fused-ring (bicyclic) bond motifs is 8. The van der Waals surface area contributed by atoms with Gasteiger partial charge in [-0.15, -0.1) is 48.3 Å². The van der Waals surface area contributed by atoms with E-state index in [0.29, 0.717) is 11.5 Å². The second-order valence-corrected chi connectivity index (χ2v) is 26.2. The minimum Gasteiger partial charge on any atom is -0.509 e. The van der Waals surface area contributed by atoms with Crippen LogP contribution in [0.5, 0.6) is 11.5 Å². The molecule has 9 aromatic carbocycles. The maximum Gasteiger partial charge on any atom is 0.135 e. The first-order valence-electron chi connectivity index (χ1n) is 28.7. The first-order chi connectivity index (χ1) is 39.2. The molecule has 418 valence electrons. The Morgan fingerprint density at radius 1 is 0.482 bits per heavy atom. The van der Waals surface area contributed by atoms with Gasteiger partial charge >= 0.3 is 0 Å². The van der Waals surface area contributed by atoms with E-state index in [-0.39, 0.29) is 42.7 Å². The zero-order chi connectivity index (χ0) is 57.0. The topological polar surface area (TPSA) is 46.7 Å². The van der Waals surface area contributed by atoms with Crippen LogP contribution in [0.1, 0.15) is 105 Å². The summed E-state index contributed by atoms with van der Waals surface area (Å²) in [6.45, 7) is 29.7. The molecular formula is C76H69N4O2Pt-3. The van der Waals surface area contributed by atoms with E-state index in [1.165, 1.54) is 27.8 Å². The van der Waals surface area contributed by atoms with Crippen molar-refractivity contribution in [3.05, 3.63) is 235 Å². The largest absolute Gasteiger partial charge is 0.509 e. The summed E-state index contributed by atoms with van der Waals surface area (Å²) in [4.78, 5) is 9.73. The molecule has 0 fully saturated rings. The molecule has 1 aliphatic rings. The van der Waals surface area contributed by atoms with Gasteiger partial charge < -0.3 is 23.5 Å². The van der Waals surface area contributed by atoms with E-state index in [9.17, 15) is 0 Å². The number of anilines is 4. The van der Waals surface area contributed by atoms with E-state index >= 15 is 0 Å². The Hall–Kier alpha value is -8.18. The SMILES string of the molecule is CC(C)(C)c1ccnc(-n2c3[c-]c(Oc4[c-]c(N5[CH-]N(c6c(-c7ccccc7)cc(C(C)(C)C)cc6-c6ccccc6)c6ccccc65)cc(-c5c(C(C)(C)C)cccc5C(C)(C)C)c4)ccc3c3c4oc5ccccc5c4ccc32)c1.[Pt]. The zero-order valence-electron chi connectivity index (χ0n) is 49.5. The van der Waals surface area contributed by atoms with Crippen molar-refractivity contribution in [3.8, 4) is 50.7 Å². The van der Waals surface area contributed by atoms with Gasteiger partial charge in [0.15, 0.2) is 0 Å². The number of aromatic nitrogens is 2. The number of ether oxygens (including phenoxy) is 1. The van der Waals surface area contributed by atoms with Gasteiger partial charge in [-0.05, 0) is 121 Å². The maximum atomic E-state index is 7.28. The molecule has 0 saturated heterocycles. The van der Waals surface area contributed by atoms with Crippen molar-refractivity contribution in [2.24, 2.45) is 0 Å². The maximum absolute atomic E-state index is 7.28. The van der Waals surface area contributed by atoms with Crippen molar-refractivity contribution >= 4 is 66.5 Å². The molecule has 0 N–H and O–H groups in total. The normalized spacial score (nSPS) is 13.1. The minimum atomic E-state index is -0.183. The van der Waals surface area contributed by atoms with Gasteiger partial charge in [-0.25, -0.2) is 4.98 Å². The van der Waals surface area contributed by atoms with Crippen molar-refractivity contribution in [1.82, 2.24) is 9.55 Å². The Kier molecular flexibility index (Phi) is 13.7. The molecule has 0 amide bonds. The smallest absolute Gasteiger partial charge is 0.135 e. The van der Waals surface area contributed by atoms with Crippen molar-refractivity contribution < 1.29 is 30.2 Å². The molecule has 7 heteroatoms. The molecule has 6 nitrogen and oxygen atoms in total. The van der Waals surface area contributed by atoms with Crippen molar-refractivity contribution in [2.75, 3.05) is 9.80 Å². The third-order valence-corrected chi connectivity index (χ3v) is 16.3. The molecule has 13 rings (SSSR count). The fraction of sp³-hybridized carbons (Fsp3) is 0.211. The van der Waals surface area contributed by atoms with E-state index < -0.39 is 0 Å². The first kappa shape index (κ1) is 55.4. The predicted molar refractivity (Wildman–Crippen MR) is 343 cm³/mol. The molecule has 0 bridgehead atoms. The number of benzene rings is 9. The van der Waals surface area contributed by atoms with Gasteiger partial charge in [0.25, 0.3) is 0 Å². The minimum absolute atomic E-state index is 0. The standard InChI is InChI=1S/C76H69N4O2.Pt/c1-73(2,3)51-38-39-77-68(44-51)80-65-37-36-57-56-28-19-22-33-67(56)82-72(57)70(65)58-35-34-54(46-66(58)80)81-55-41-50(69-61(75(7,8)9)29-23-30-62(69)76(10,11)12)40-53(45-55)78-47-79(64-32-21-20-31-63(64)78)71-59(48-24-15-13-16-25-48)42-52(74(4,5)6)43-60(71)49-26-17-14-18-27-49;/h13-44,47H,1-12H3;/q-3;. The van der Waals surface area contributed by atoms with E-state index in [0.717, 1.165) is 100 Å². The second kappa shape index (κ2) is 20.6. The van der Waals surface area contributed by atoms with E-state index in [1.54, 1.807) is 0 Å². The molecule has 0 radical (unpaired) electrons. The Balaban J connectivity index is 0.00000680. The monoisotopic (exact) mass is 1260 g/mol. The average molecular weight is 1270 g/mol. The Morgan fingerprint density at radius 2 is 1.07 bits per heavy atom. The number of hydrogen-bond acceptors (Lipinski definition) is 5. The van der Waals surface area contributed by atoms with Gasteiger partial charge in [-0.2, -0.15) is 6.07 Å². The average Bonchev–Trinajstić information content (AvgIpc) is 2.10. The molecule has 0 saturated carbocycles. The van der Waals surface area contributed by atoms with E-state index in [2.05, 4.69) is 286 Å². The Labute approximate surface area is 503 Å². The summed E-state index contributed by atoms with van der Waals surface area (Å²) in [6, 6.07) is 75.3. The Morgan fingerprint density at radius 3 is 1.70 bits per heavy atom. The molecule has 0 unspecified atom stereocenters. The van der Waals surface area contributed by atoms with Crippen LogP contribution in [0, 0.1) is 18.8 Å². The summed E-state index contributed by atoms with van der Waals surface area (Å²) in [5.74, 6) is 1.92. The fourth-order valence-electron chi connectivity index (χ4n) is 12.1. The number of hydrogen-bond donors (Lipinski definition) is 0. The molecule has 12 aromatic rings. The predicted octanol–water partition coefficient (Wildman–Crippen LogP) is 21.1. The molecule has 3 aromatic heterocycles. The number of para-hydroxylation sites is 3. The summed E-state index contributed by atoms with van der Waals surface area (Å²) in [5, 5.41) is 4.14. The zero-order valence-corrected chi connectivity index (χ0v) is 51.7. The summed E-state index contributed by atoms with van der Waals surface area (Å²) in [7, 11) is 0. The van der Waals surface area contributed by atoms with Crippen LogP contribution in [0.25, 0.3) is 82.9 Å². The number of pyridine rings is 1. The van der Waals surface area contributed by atoms with Crippen molar-refractivity contribution in [2.45, 2.75) is 105 Å². The van der Waals surface area contributed by atoms with E-state index in [1.807, 2.05) is 24.4 Å². The van der Waals surface area contributed by atoms with Gasteiger partial charge in [-0.1, -0.05) is 203 Å². The van der Waals surface area contributed by atoms with Crippen molar-refractivity contribution in [3.63, 3.8) is 0 Å². The summed E-state index contributed by atoms with van der Waals surface area (Å²) in [5.41, 5.74) is 18.7. The summed E-state index contributed by atoms with van der Waals surface area (Å²) < 4.78 is 16.2. The van der Waals surface area contributed by atoms with Crippen LogP contribution in [0.4, 0.5) is 22.7 Å². The first-order valence-corrected chi connectivity index (χ1v) is 28.7. The van der Waals surface area contributed by atoms with Crippen LogP contribution in [-0.4, -0.2) is 9.55 Å². The summed E-state index contributed by atoms with van der Waals surface area (Å²) >= 11 is 0. The Bertz CT molecular complexity index is 4360. The van der Waals surface area contributed by atoms with Gasteiger partial charge in [0.2, 0.25) is 0 Å². The van der Waals surface area contributed by atoms with Gasteiger partial charge in [0.1, 0.15) is 17.0 Å². The third kappa shape index (κ3) is 9.93. The molecule has 0 spiro atoms. The fourth-order valence-corrected chi connectivity index (χ4v) is 12.1. The molecule has 1 aliphatic heterocycles. The molecule has 83 heavy (non-hydrogen) atoms. The van der Waals surface area contributed by atoms with E-state index in [4.69, 9.17) is 14.1 Å². The third-order valence-electron chi connectivity index (χ3n) is 16.3. The number of furan rings is 1. The van der Waals surface area contributed by atoms with Gasteiger partial charge in [0, 0.05) is 83.2 Å². The van der Waals surface area contributed by atoms with Crippen LogP contribution in [0.3, 0.4) is 0 Å². The van der Waals surface area contributed by atoms with Crippen LogP contribution >= 0.6 is 0 Å². The van der Waals surface area contributed by atoms with Crippen LogP contribution in [0.2, 0.25) is 0 Å². The van der Waals surface area contributed by atoms with Gasteiger partial charge in [-0.3, -0.25) is 0 Å². The molecule has 0 aliphatic carbocycles. The number of rotatable bonds is 8. The van der Waals surface area contributed by atoms with Gasteiger partial charge in [0.05, 0.1) is 0 Å². The quantitative estimate of drug-likeness (QED) is 0.142. The van der Waals surface area contributed by atoms with Crippen LogP contribution in [-0.2, 0) is 42.7 Å². The molecule has 0 atom stereocenters. The molecular weight excluding hydrogens is 1200 g/mol. The van der Waals surface area contributed by atoms with Crippen molar-refractivity contribution in [1.29, 1.82) is 0 Å². The summed E-state index contributed by atoms with van der Waals surface area (Å²) in [6.07, 6.45) is 1.91. The second-order valence-electron chi connectivity index (χ2n) is 26.2. The number of nitrogens with zero attached hydrogens (tertiary/aromatic N) is 4. The molecule has 4 heterocycles. The van der Waals surface area contributed by atoms with Crippen LogP contribution in [0.15, 0.2) is 199 Å². The van der Waals surface area contributed by atoms with Crippen LogP contribution < -0.4 is 14.5 Å².